The minimum Gasteiger partial charge on any atom is -0.388 e. The fraction of sp³-hybridized carbons (Fsp3) is 1.00. The molecule has 4 aliphatic heterocycles. The Hall–Kier alpha value is -0.680. The lowest BCUT2D eigenvalue weighted by molar-refractivity contribution is -0.386. The first-order chi connectivity index (χ1) is 20.2. The second kappa shape index (κ2) is 14.4. The monoisotopic (exact) mass is 630 g/mol. The summed E-state index contributed by atoms with van der Waals surface area (Å²) in [6.45, 7) is 6.10. The van der Waals surface area contributed by atoms with Gasteiger partial charge in [-0.05, 0) is 27.7 Å². The highest BCUT2D eigenvalue weighted by Gasteiger charge is 2.54. The maximum atomic E-state index is 11.2. The van der Waals surface area contributed by atoms with E-state index in [0.29, 0.717) is 0 Å². The Bertz CT molecular complexity index is 885. The van der Waals surface area contributed by atoms with Crippen LogP contribution in [0.5, 0.6) is 0 Å². The van der Waals surface area contributed by atoms with E-state index in [-0.39, 0.29) is 0 Å². The third-order valence-corrected chi connectivity index (χ3v) is 8.53. The van der Waals surface area contributed by atoms with Gasteiger partial charge >= 0.3 is 0 Å². The molecule has 4 saturated heterocycles. The zero-order chi connectivity index (χ0) is 31.9. The number of ether oxygens (including phenoxy) is 9. The van der Waals surface area contributed by atoms with E-state index in [9.17, 15) is 40.9 Å². The van der Waals surface area contributed by atoms with Gasteiger partial charge in [-0.3, -0.25) is 0 Å². The fourth-order valence-electron chi connectivity index (χ4n) is 5.89. The van der Waals surface area contributed by atoms with E-state index in [4.69, 9.17) is 42.6 Å². The largest absolute Gasteiger partial charge is 0.388 e. The highest BCUT2D eigenvalue weighted by molar-refractivity contribution is 4.96. The van der Waals surface area contributed by atoms with Gasteiger partial charge in [-0.15, -0.1) is 0 Å². The molecule has 0 radical (unpaired) electrons. The van der Waals surface area contributed by atoms with Gasteiger partial charge in [-0.2, -0.15) is 0 Å². The molecule has 43 heavy (non-hydrogen) atoms. The van der Waals surface area contributed by atoms with Crippen LogP contribution in [0.1, 0.15) is 27.7 Å². The van der Waals surface area contributed by atoms with Crippen molar-refractivity contribution in [3.05, 3.63) is 0 Å². The second-order valence-electron chi connectivity index (χ2n) is 11.5. The molecule has 4 heterocycles. The summed E-state index contributed by atoms with van der Waals surface area (Å²) >= 11 is 0. The van der Waals surface area contributed by atoms with E-state index in [2.05, 4.69) is 0 Å². The molecular weight excluding hydrogens is 584 g/mol. The van der Waals surface area contributed by atoms with Gasteiger partial charge in [0, 0.05) is 14.2 Å². The molecule has 4 aliphatic rings. The summed E-state index contributed by atoms with van der Waals surface area (Å²) in [4.78, 5) is 0. The van der Waals surface area contributed by atoms with Gasteiger partial charge in [0.1, 0.15) is 73.2 Å². The maximum Gasteiger partial charge on any atom is 0.187 e. The van der Waals surface area contributed by atoms with Gasteiger partial charge in [0.05, 0.1) is 24.4 Å². The summed E-state index contributed by atoms with van der Waals surface area (Å²) < 4.78 is 50.4. The normalized spacial score (nSPS) is 54.8. The van der Waals surface area contributed by atoms with Crippen LogP contribution in [0.25, 0.3) is 0 Å². The Kier molecular flexibility index (Phi) is 11.8. The van der Waals surface area contributed by atoms with E-state index in [1.54, 1.807) is 13.8 Å². The Morgan fingerprint density at radius 1 is 0.372 bits per heavy atom. The Labute approximate surface area is 248 Å². The van der Waals surface area contributed by atoms with Crippen molar-refractivity contribution in [3.8, 4) is 0 Å². The molecule has 252 valence electrons. The SMILES string of the molecule is CO[C@@H]1[C@H](O[C@@H]2[C@@H](O)[C@H](C)O[C@@H](O[C@H]3C(O)O[C@@H](C)[C@@H](O)[C@H]3O)[C@@H]2O)O[C@@H](C)[C@@H](O[C@@H]2O[C@@H](C)[C@H](OC)[C@@H](O)[C@H]2O)[C@H]1O. The van der Waals surface area contributed by atoms with Crippen LogP contribution in [0.3, 0.4) is 0 Å². The molecule has 0 saturated carbocycles. The lowest BCUT2D eigenvalue weighted by Gasteiger charge is -2.49. The Morgan fingerprint density at radius 3 is 1.47 bits per heavy atom. The molecule has 4 fully saturated rings. The molecule has 8 N–H and O–H groups in total. The third-order valence-electron chi connectivity index (χ3n) is 8.53. The van der Waals surface area contributed by atoms with Crippen molar-refractivity contribution in [3.63, 3.8) is 0 Å². The number of aliphatic hydroxyl groups is 8. The average molecular weight is 631 g/mol. The maximum absolute atomic E-state index is 11.2. The zero-order valence-corrected chi connectivity index (χ0v) is 24.8. The average Bonchev–Trinajstić information content (AvgIpc) is 2.95. The first kappa shape index (κ1) is 35.2. The first-order valence-electron chi connectivity index (χ1n) is 14.3. The summed E-state index contributed by atoms with van der Waals surface area (Å²) in [6.07, 6.45) is -25.9. The number of methoxy groups -OCH3 is 2. The lowest BCUT2D eigenvalue weighted by Crippen LogP contribution is -2.66. The van der Waals surface area contributed by atoms with Crippen LogP contribution in [0.2, 0.25) is 0 Å². The van der Waals surface area contributed by atoms with Crippen LogP contribution < -0.4 is 0 Å². The van der Waals surface area contributed by atoms with Gasteiger partial charge in [0.2, 0.25) is 0 Å². The smallest absolute Gasteiger partial charge is 0.187 e. The molecule has 0 amide bonds. The van der Waals surface area contributed by atoms with Crippen molar-refractivity contribution in [2.75, 3.05) is 14.2 Å². The molecule has 0 aromatic carbocycles. The minimum atomic E-state index is -1.72. The van der Waals surface area contributed by atoms with Gasteiger partial charge in [-0.1, -0.05) is 0 Å². The van der Waals surface area contributed by atoms with E-state index in [0.717, 1.165) is 0 Å². The van der Waals surface area contributed by atoms with E-state index < -0.39 is 123 Å². The predicted octanol–water partition coefficient (Wildman–Crippen LogP) is -4.33. The molecule has 1 unspecified atom stereocenters. The summed E-state index contributed by atoms with van der Waals surface area (Å²) in [5.74, 6) is 0. The minimum absolute atomic E-state index is 0.651. The summed E-state index contributed by atoms with van der Waals surface area (Å²) in [6, 6.07) is 0. The lowest BCUT2D eigenvalue weighted by atomic mass is 9.96. The highest BCUT2D eigenvalue weighted by atomic mass is 16.8. The van der Waals surface area contributed by atoms with Crippen molar-refractivity contribution in [1.29, 1.82) is 0 Å². The van der Waals surface area contributed by atoms with E-state index >= 15 is 0 Å². The van der Waals surface area contributed by atoms with Gasteiger partial charge in [0.15, 0.2) is 25.2 Å². The zero-order valence-electron chi connectivity index (χ0n) is 24.8. The second-order valence-corrected chi connectivity index (χ2v) is 11.5. The van der Waals surface area contributed by atoms with Crippen LogP contribution >= 0.6 is 0 Å². The van der Waals surface area contributed by atoms with Crippen LogP contribution in [0.15, 0.2) is 0 Å². The summed E-state index contributed by atoms with van der Waals surface area (Å²) in [7, 11) is 2.64. The summed E-state index contributed by atoms with van der Waals surface area (Å²) in [5, 5.41) is 84.9. The van der Waals surface area contributed by atoms with Gasteiger partial charge < -0.3 is 83.5 Å². The van der Waals surface area contributed by atoms with Crippen molar-refractivity contribution in [1.82, 2.24) is 0 Å². The number of aliphatic hydroxyl groups excluding tert-OH is 8. The van der Waals surface area contributed by atoms with Crippen molar-refractivity contribution in [2.45, 2.75) is 151 Å². The molecule has 0 aliphatic carbocycles. The van der Waals surface area contributed by atoms with Crippen LogP contribution in [-0.4, -0.2) is 178 Å². The molecule has 0 aromatic rings. The van der Waals surface area contributed by atoms with Crippen LogP contribution in [0, 0.1) is 0 Å². The van der Waals surface area contributed by atoms with E-state index in [1.807, 2.05) is 0 Å². The number of hydrogen-bond donors (Lipinski definition) is 8. The van der Waals surface area contributed by atoms with Crippen molar-refractivity contribution in [2.24, 2.45) is 0 Å². The molecular formula is C26H46O17. The molecule has 17 nitrogen and oxygen atoms in total. The summed E-state index contributed by atoms with van der Waals surface area (Å²) in [5.41, 5.74) is 0. The quantitative estimate of drug-likeness (QED) is 0.126. The first-order valence-corrected chi connectivity index (χ1v) is 14.3. The molecule has 4 rings (SSSR count). The predicted molar refractivity (Wildman–Crippen MR) is 138 cm³/mol. The topological polar surface area (TPSA) is 245 Å². The van der Waals surface area contributed by atoms with Gasteiger partial charge in [0.25, 0.3) is 0 Å². The standard InChI is InChI=1S/C26H46O17/c1-7-11(27)13(29)21(23(34)37-7)43-25-17(33)20(12(28)8(2)38-25)42-26-22(36-6)16(32)19(10(4)40-26)41-24-15(31)14(30)18(35-5)9(3)39-24/h7-34H,1-6H3/t7-,8-,9-,10-,11+,12-,13+,14-,15+,16+,17+,18-,19+,20+,21+,22-,23?,24-,25-,26-/m0/s1. The van der Waals surface area contributed by atoms with E-state index in [1.165, 1.54) is 28.1 Å². The molecule has 0 aromatic heterocycles. The Morgan fingerprint density at radius 2 is 0.837 bits per heavy atom. The van der Waals surface area contributed by atoms with Gasteiger partial charge in [-0.25, -0.2) is 0 Å². The molecule has 0 spiro atoms. The fourth-order valence-corrected chi connectivity index (χ4v) is 5.89. The number of rotatable bonds is 8. The molecule has 17 heteroatoms. The molecule has 0 bridgehead atoms. The Balaban J connectivity index is 1.44. The van der Waals surface area contributed by atoms with Crippen LogP contribution in [-0.2, 0) is 42.6 Å². The van der Waals surface area contributed by atoms with Crippen LogP contribution in [0.4, 0.5) is 0 Å². The van der Waals surface area contributed by atoms with Crippen molar-refractivity contribution < 1.29 is 83.5 Å². The van der Waals surface area contributed by atoms with Crippen molar-refractivity contribution >= 4 is 0 Å². The number of hydrogen-bond acceptors (Lipinski definition) is 17. The third kappa shape index (κ3) is 7.03. The molecule has 20 atom stereocenters. The highest BCUT2D eigenvalue weighted by Crippen LogP contribution is 2.34.